The van der Waals surface area contributed by atoms with Crippen LogP contribution in [0.25, 0.3) is 0 Å². The molecule has 10 nitrogen and oxygen atoms in total. The van der Waals surface area contributed by atoms with Gasteiger partial charge in [0.25, 0.3) is 13.4 Å². The molecule has 0 spiro atoms. The summed E-state index contributed by atoms with van der Waals surface area (Å²) in [5, 5.41) is 9.77. The number of hydrogen-bond donors (Lipinski definition) is 3. The molecule has 3 N–H and O–H groups in total. The van der Waals surface area contributed by atoms with Crippen molar-refractivity contribution in [2.24, 2.45) is 0 Å². The average molecular weight is 321 g/mol. The quantitative estimate of drug-likeness (QED) is 0.536. The van der Waals surface area contributed by atoms with Crippen molar-refractivity contribution in [1.29, 1.82) is 0 Å². The van der Waals surface area contributed by atoms with Gasteiger partial charge in [-0.1, -0.05) is 0 Å². The molecule has 1 unspecified atom stereocenters. The van der Waals surface area contributed by atoms with E-state index in [1.54, 1.807) is 0 Å². The summed E-state index contributed by atoms with van der Waals surface area (Å²) in [6.07, 6.45) is -1.69. The van der Waals surface area contributed by atoms with E-state index < -0.39 is 44.1 Å². The Morgan fingerprint density at radius 3 is 2.90 bits per heavy atom. The van der Waals surface area contributed by atoms with E-state index in [9.17, 15) is 24.2 Å². The van der Waals surface area contributed by atoms with Crippen molar-refractivity contribution in [3.8, 4) is 0 Å². The Morgan fingerprint density at radius 1 is 1.62 bits per heavy atom. The van der Waals surface area contributed by atoms with Gasteiger partial charge < -0.3 is 24.2 Å². The summed E-state index contributed by atoms with van der Waals surface area (Å²) < 4.78 is 21.1. The molecule has 0 aromatic carbocycles. The number of phosphoric ester groups is 1. The standard InChI is InChI=1S/C10H15N2O8P/c1-5-3-12(10(15)11-9(5)14)8-2-6(13)7(20-8)4-19-21(16,17)18/h3,6-8,13H,2,4H2,1H3,(H,11,14,15)(H2,16,17,18)/p-1/t6-,7+,8+/m0/s1. The lowest BCUT2D eigenvalue weighted by Gasteiger charge is -2.20. The number of aromatic amines is 1. The topological polar surface area (TPSA) is 154 Å². The van der Waals surface area contributed by atoms with Gasteiger partial charge in [0, 0.05) is 18.2 Å². The summed E-state index contributed by atoms with van der Waals surface area (Å²) >= 11 is 0. The van der Waals surface area contributed by atoms with Crippen LogP contribution in [0.3, 0.4) is 0 Å². The predicted octanol–water partition coefficient (Wildman–Crippen LogP) is -2.03. The fourth-order valence-electron chi connectivity index (χ4n) is 2.00. The van der Waals surface area contributed by atoms with Gasteiger partial charge in [-0.05, 0) is 6.92 Å². The molecular formula is C10H14N2O8P-. The van der Waals surface area contributed by atoms with Gasteiger partial charge in [-0.2, -0.15) is 0 Å². The Kier molecular flexibility index (Phi) is 4.47. The van der Waals surface area contributed by atoms with Crippen LogP contribution in [-0.4, -0.2) is 38.4 Å². The van der Waals surface area contributed by atoms with Crippen molar-refractivity contribution in [3.63, 3.8) is 0 Å². The molecule has 2 rings (SSSR count). The van der Waals surface area contributed by atoms with Crippen LogP contribution >= 0.6 is 7.82 Å². The second-order valence-corrected chi connectivity index (χ2v) is 5.87. The molecule has 1 fully saturated rings. The van der Waals surface area contributed by atoms with Crippen LogP contribution in [-0.2, 0) is 13.8 Å². The minimum absolute atomic E-state index is 0.00794. The monoisotopic (exact) mass is 321 g/mol. The first-order valence-electron chi connectivity index (χ1n) is 6.01. The molecule has 0 aliphatic carbocycles. The van der Waals surface area contributed by atoms with Gasteiger partial charge in [0.2, 0.25) is 0 Å². The van der Waals surface area contributed by atoms with Crippen LogP contribution in [0.15, 0.2) is 15.8 Å². The van der Waals surface area contributed by atoms with Crippen LogP contribution in [0, 0.1) is 6.92 Å². The maximum atomic E-state index is 11.7. The highest BCUT2D eigenvalue weighted by atomic mass is 31.2. The van der Waals surface area contributed by atoms with Gasteiger partial charge in [-0.25, -0.2) is 4.79 Å². The third-order valence-electron chi connectivity index (χ3n) is 3.06. The van der Waals surface area contributed by atoms with E-state index in [2.05, 4.69) is 9.51 Å². The molecule has 1 aliphatic heterocycles. The molecule has 4 atom stereocenters. The first-order valence-corrected chi connectivity index (χ1v) is 7.51. The molecule has 2 heterocycles. The second-order valence-electron chi connectivity index (χ2n) is 4.68. The van der Waals surface area contributed by atoms with E-state index in [1.165, 1.54) is 13.1 Å². The highest BCUT2D eigenvalue weighted by molar-refractivity contribution is 7.44. The zero-order valence-corrected chi connectivity index (χ0v) is 11.9. The number of ether oxygens (including phenoxy) is 1. The number of H-pyrrole nitrogens is 1. The summed E-state index contributed by atoms with van der Waals surface area (Å²) in [6, 6.07) is 0. The molecule has 1 aliphatic rings. The summed E-state index contributed by atoms with van der Waals surface area (Å²) in [7, 11) is -4.92. The van der Waals surface area contributed by atoms with Crippen LogP contribution in [0.2, 0.25) is 0 Å². The van der Waals surface area contributed by atoms with E-state index in [1.807, 2.05) is 0 Å². The number of hydrogen-bond acceptors (Lipinski definition) is 7. The van der Waals surface area contributed by atoms with Crippen LogP contribution < -0.4 is 16.1 Å². The number of aromatic nitrogens is 2. The fraction of sp³-hybridized carbons (Fsp3) is 0.600. The smallest absolute Gasteiger partial charge is 0.330 e. The van der Waals surface area contributed by atoms with Crippen molar-refractivity contribution in [3.05, 3.63) is 32.6 Å². The summed E-state index contributed by atoms with van der Waals surface area (Å²) in [5.41, 5.74) is -0.949. The van der Waals surface area contributed by atoms with Crippen molar-refractivity contribution < 1.29 is 28.7 Å². The van der Waals surface area contributed by atoms with Gasteiger partial charge in [-0.3, -0.25) is 18.9 Å². The lowest BCUT2D eigenvalue weighted by Crippen LogP contribution is -2.33. The fourth-order valence-corrected chi connectivity index (χ4v) is 2.34. The summed E-state index contributed by atoms with van der Waals surface area (Å²) in [4.78, 5) is 44.1. The number of aliphatic hydroxyl groups excluding tert-OH is 1. The number of aliphatic hydroxyl groups is 1. The van der Waals surface area contributed by atoms with E-state index in [-0.39, 0.29) is 12.0 Å². The van der Waals surface area contributed by atoms with Gasteiger partial charge in [-0.15, -0.1) is 0 Å². The molecule has 21 heavy (non-hydrogen) atoms. The third-order valence-corrected chi connectivity index (χ3v) is 3.54. The van der Waals surface area contributed by atoms with Gasteiger partial charge in [0.1, 0.15) is 12.3 Å². The van der Waals surface area contributed by atoms with Crippen molar-refractivity contribution in [2.75, 3.05) is 6.61 Å². The number of rotatable bonds is 4. The van der Waals surface area contributed by atoms with Crippen LogP contribution in [0.5, 0.6) is 0 Å². The molecule has 1 saturated heterocycles. The van der Waals surface area contributed by atoms with Gasteiger partial charge in [0.05, 0.1) is 12.7 Å². The van der Waals surface area contributed by atoms with E-state index in [0.29, 0.717) is 0 Å². The van der Waals surface area contributed by atoms with Crippen molar-refractivity contribution in [1.82, 2.24) is 9.55 Å². The zero-order chi connectivity index (χ0) is 15.8. The molecule has 1 aromatic rings. The van der Waals surface area contributed by atoms with Gasteiger partial charge in [0.15, 0.2) is 0 Å². The van der Waals surface area contributed by atoms with Gasteiger partial charge >= 0.3 is 5.69 Å². The first-order chi connectivity index (χ1) is 9.67. The van der Waals surface area contributed by atoms with E-state index in [0.717, 1.165) is 4.57 Å². The molecule has 0 radical (unpaired) electrons. The van der Waals surface area contributed by atoms with E-state index in [4.69, 9.17) is 9.63 Å². The highest BCUT2D eigenvalue weighted by Crippen LogP contribution is 2.34. The normalized spacial score (nSPS) is 28.5. The summed E-state index contributed by atoms with van der Waals surface area (Å²) in [5.74, 6) is 0. The minimum atomic E-state index is -4.92. The Balaban J connectivity index is 2.14. The molecule has 0 bridgehead atoms. The van der Waals surface area contributed by atoms with E-state index >= 15 is 0 Å². The predicted molar refractivity (Wildman–Crippen MR) is 66.4 cm³/mol. The average Bonchev–Trinajstić information content (AvgIpc) is 2.72. The third kappa shape index (κ3) is 3.88. The number of nitrogens with zero attached hydrogens (tertiary/aromatic N) is 1. The van der Waals surface area contributed by atoms with Crippen molar-refractivity contribution >= 4 is 7.82 Å². The Labute approximate surface area is 118 Å². The Hall–Kier alpha value is -1.29. The highest BCUT2D eigenvalue weighted by Gasteiger charge is 2.36. The molecule has 0 saturated carbocycles. The number of aryl methyl sites for hydroxylation is 1. The lowest BCUT2D eigenvalue weighted by atomic mass is 10.2. The van der Waals surface area contributed by atoms with Crippen LogP contribution in [0.1, 0.15) is 18.2 Å². The molecular weight excluding hydrogens is 307 g/mol. The Morgan fingerprint density at radius 2 is 2.29 bits per heavy atom. The first kappa shape index (κ1) is 16.1. The number of phosphoric acid groups is 1. The molecule has 118 valence electrons. The molecule has 0 amide bonds. The second kappa shape index (κ2) is 5.84. The Bertz CT molecular complexity index is 676. The molecule has 11 heteroatoms. The summed E-state index contributed by atoms with van der Waals surface area (Å²) in [6.45, 7) is 0.923. The van der Waals surface area contributed by atoms with Crippen LogP contribution in [0.4, 0.5) is 0 Å². The maximum Gasteiger partial charge on any atom is 0.330 e. The maximum absolute atomic E-state index is 11.7. The number of nitrogens with one attached hydrogen (secondary N) is 1. The minimum Gasteiger partial charge on any atom is -0.756 e. The zero-order valence-electron chi connectivity index (χ0n) is 11.0. The van der Waals surface area contributed by atoms with Crippen molar-refractivity contribution in [2.45, 2.75) is 31.8 Å². The lowest BCUT2D eigenvalue weighted by molar-refractivity contribution is -0.222. The SMILES string of the molecule is Cc1cn([C@H]2C[C@H](O)[C@@H](COP(=O)([O-])O)O2)c(=O)[nH]c1=O. The molecule has 1 aromatic heterocycles. The largest absolute Gasteiger partial charge is 0.756 e.